The zero-order chi connectivity index (χ0) is 15.7. The molecule has 1 unspecified atom stereocenters. The van der Waals surface area contributed by atoms with E-state index in [1.165, 1.54) is 0 Å². The van der Waals surface area contributed by atoms with E-state index in [0.717, 1.165) is 5.56 Å². The molecule has 0 spiro atoms. The molecule has 1 aliphatic rings. The predicted octanol–water partition coefficient (Wildman–Crippen LogP) is 3.22. The third-order valence-electron chi connectivity index (χ3n) is 3.43. The van der Waals surface area contributed by atoms with Gasteiger partial charge in [0.2, 0.25) is 0 Å². The minimum Gasteiger partial charge on any atom is -0.425 e. The number of ether oxygens (including phenoxy) is 2. The van der Waals surface area contributed by atoms with Gasteiger partial charge in [0.15, 0.2) is 0 Å². The number of hydrogen-bond donors (Lipinski definition) is 0. The Hall–Kier alpha value is -2.88. The molecule has 4 heteroatoms. The largest absolute Gasteiger partial charge is 0.425 e. The lowest BCUT2D eigenvalue weighted by Crippen LogP contribution is -2.11. The van der Waals surface area contributed by atoms with Gasteiger partial charge < -0.3 is 9.47 Å². The molecule has 1 aliphatic heterocycles. The van der Waals surface area contributed by atoms with Crippen molar-refractivity contribution in [3.63, 3.8) is 0 Å². The smallest absolute Gasteiger partial charge is 0.338 e. The topological polar surface area (TPSA) is 52.6 Å². The van der Waals surface area contributed by atoms with Gasteiger partial charge >= 0.3 is 11.9 Å². The first-order valence-electron chi connectivity index (χ1n) is 6.84. The van der Waals surface area contributed by atoms with E-state index in [9.17, 15) is 9.59 Å². The number of rotatable bonds is 3. The molecular formula is C18H14O4. The van der Waals surface area contributed by atoms with Crippen molar-refractivity contribution in [2.75, 3.05) is 0 Å². The lowest BCUT2D eigenvalue weighted by molar-refractivity contribution is -0.133. The maximum atomic E-state index is 12.1. The van der Waals surface area contributed by atoms with Gasteiger partial charge in [0.25, 0.3) is 0 Å². The Morgan fingerprint density at radius 1 is 1.18 bits per heavy atom. The van der Waals surface area contributed by atoms with Crippen molar-refractivity contribution in [2.24, 2.45) is 0 Å². The van der Waals surface area contributed by atoms with E-state index in [0.29, 0.717) is 22.6 Å². The molecule has 0 aromatic heterocycles. The highest BCUT2D eigenvalue weighted by Crippen LogP contribution is 2.40. The van der Waals surface area contributed by atoms with E-state index in [1.54, 1.807) is 25.1 Å². The molecule has 0 bridgehead atoms. The Balaban J connectivity index is 1.98. The van der Waals surface area contributed by atoms with Crippen LogP contribution in [0.1, 0.15) is 24.0 Å². The Morgan fingerprint density at radius 2 is 1.91 bits per heavy atom. The SMILES string of the molecule is C=C(C)C(=O)Oc1ccc2c(c1)C(c1ccccc1)C(=O)O2. The summed E-state index contributed by atoms with van der Waals surface area (Å²) < 4.78 is 10.5. The molecule has 0 amide bonds. The van der Waals surface area contributed by atoms with Crippen LogP contribution in [0, 0.1) is 0 Å². The van der Waals surface area contributed by atoms with Crippen molar-refractivity contribution in [2.45, 2.75) is 12.8 Å². The summed E-state index contributed by atoms with van der Waals surface area (Å²) in [4.78, 5) is 23.7. The maximum Gasteiger partial charge on any atom is 0.338 e. The Morgan fingerprint density at radius 3 is 2.59 bits per heavy atom. The van der Waals surface area contributed by atoms with Crippen LogP contribution in [0.25, 0.3) is 0 Å². The number of carbonyl (C=O) groups is 2. The fourth-order valence-corrected chi connectivity index (χ4v) is 2.36. The van der Waals surface area contributed by atoms with Gasteiger partial charge in [0, 0.05) is 11.1 Å². The molecule has 3 rings (SSSR count). The van der Waals surface area contributed by atoms with Gasteiger partial charge in [-0.25, -0.2) is 4.79 Å². The van der Waals surface area contributed by atoms with E-state index in [2.05, 4.69) is 6.58 Å². The molecule has 0 saturated carbocycles. The van der Waals surface area contributed by atoms with Crippen LogP contribution in [-0.4, -0.2) is 11.9 Å². The maximum absolute atomic E-state index is 12.1. The lowest BCUT2D eigenvalue weighted by Gasteiger charge is -2.09. The summed E-state index contributed by atoms with van der Waals surface area (Å²) in [6.45, 7) is 5.12. The van der Waals surface area contributed by atoms with Crippen molar-refractivity contribution in [3.05, 3.63) is 71.8 Å². The van der Waals surface area contributed by atoms with Crippen LogP contribution in [0.4, 0.5) is 0 Å². The van der Waals surface area contributed by atoms with Gasteiger partial charge in [0.1, 0.15) is 17.4 Å². The molecule has 0 radical (unpaired) electrons. The van der Waals surface area contributed by atoms with Gasteiger partial charge in [0.05, 0.1) is 0 Å². The highest BCUT2D eigenvalue weighted by Gasteiger charge is 2.34. The molecule has 0 aliphatic carbocycles. The van der Waals surface area contributed by atoms with E-state index in [4.69, 9.17) is 9.47 Å². The second-order valence-corrected chi connectivity index (χ2v) is 5.13. The zero-order valence-corrected chi connectivity index (χ0v) is 12.0. The lowest BCUT2D eigenvalue weighted by atomic mass is 9.92. The van der Waals surface area contributed by atoms with Gasteiger partial charge in [-0.05, 0) is 30.7 Å². The number of benzene rings is 2. The van der Waals surface area contributed by atoms with Gasteiger partial charge in [-0.3, -0.25) is 4.79 Å². The molecule has 2 aromatic rings. The van der Waals surface area contributed by atoms with Crippen molar-refractivity contribution < 1.29 is 19.1 Å². The van der Waals surface area contributed by atoms with Crippen LogP contribution in [0.5, 0.6) is 11.5 Å². The minimum atomic E-state index is -0.500. The normalized spacial score (nSPS) is 15.9. The fourth-order valence-electron chi connectivity index (χ4n) is 2.36. The van der Waals surface area contributed by atoms with Crippen LogP contribution in [0.2, 0.25) is 0 Å². The zero-order valence-electron chi connectivity index (χ0n) is 12.0. The first-order chi connectivity index (χ1) is 10.6. The summed E-state index contributed by atoms with van der Waals surface area (Å²) in [5, 5.41) is 0. The van der Waals surface area contributed by atoms with Crippen molar-refractivity contribution in [1.82, 2.24) is 0 Å². The Bertz CT molecular complexity index is 762. The molecule has 2 aromatic carbocycles. The average Bonchev–Trinajstić information content (AvgIpc) is 2.83. The molecule has 1 atom stereocenters. The second kappa shape index (κ2) is 5.48. The highest BCUT2D eigenvalue weighted by atomic mass is 16.5. The number of carbonyl (C=O) groups excluding carboxylic acids is 2. The highest BCUT2D eigenvalue weighted by molar-refractivity contribution is 5.91. The summed E-state index contributed by atoms with van der Waals surface area (Å²) in [7, 11) is 0. The standard InChI is InChI=1S/C18H14O4/c1-11(2)17(19)21-13-8-9-15-14(10-13)16(18(20)22-15)12-6-4-3-5-7-12/h3-10,16H,1H2,2H3. The Kier molecular flexibility index (Phi) is 3.51. The summed E-state index contributed by atoms with van der Waals surface area (Å²) in [5.74, 6) is -0.467. The van der Waals surface area contributed by atoms with Crippen LogP contribution >= 0.6 is 0 Å². The van der Waals surface area contributed by atoms with Gasteiger partial charge in [-0.2, -0.15) is 0 Å². The van der Waals surface area contributed by atoms with Gasteiger partial charge in [-0.1, -0.05) is 36.9 Å². The summed E-state index contributed by atoms with van der Waals surface area (Å²) in [6.07, 6.45) is 0. The van der Waals surface area contributed by atoms with Crippen molar-refractivity contribution >= 4 is 11.9 Å². The molecular weight excluding hydrogens is 280 g/mol. The summed E-state index contributed by atoms with van der Waals surface area (Å²) in [5.41, 5.74) is 1.85. The predicted molar refractivity (Wildman–Crippen MR) is 80.8 cm³/mol. The third-order valence-corrected chi connectivity index (χ3v) is 3.43. The molecule has 0 N–H and O–H groups in total. The first-order valence-corrected chi connectivity index (χ1v) is 6.84. The molecule has 0 fully saturated rings. The van der Waals surface area contributed by atoms with Gasteiger partial charge in [-0.15, -0.1) is 0 Å². The average molecular weight is 294 g/mol. The van der Waals surface area contributed by atoms with Crippen LogP contribution in [-0.2, 0) is 9.59 Å². The molecule has 0 saturated heterocycles. The number of esters is 2. The molecule has 4 nitrogen and oxygen atoms in total. The quantitative estimate of drug-likeness (QED) is 0.495. The minimum absolute atomic E-state index is 0.312. The van der Waals surface area contributed by atoms with E-state index >= 15 is 0 Å². The van der Waals surface area contributed by atoms with Crippen molar-refractivity contribution in [3.8, 4) is 11.5 Å². The second-order valence-electron chi connectivity index (χ2n) is 5.13. The number of hydrogen-bond acceptors (Lipinski definition) is 4. The third kappa shape index (κ3) is 2.51. The van der Waals surface area contributed by atoms with Crippen LogP contribution < -0.4 is 9.47 Å². The monoisotopic (exact) mass is 294 g/mol. The van der Waals surface area contributed by atoms with E-state index in [-0.39, 0.29) is 5.97 Å². The summed E-state index contributed by atoms with van der Waals surface area (Å²) >= 11 is 0. The molecule has 22 heavy (non-hydrogen) atoms. The Labute approximate surface area is 128 Å². The number of fused-ring (bicyclic) bond motifs is 1. The molecule has 110 valence electrons. The fraction of sp³-hybridized carbons (Fsp3) is 0.111. The van der Waals surface area contributed by atoms with Crippen molar-refractivity contribution in [1.29, 1.82) is 0 Å². The molecule has 1 heterocycles. The first kappa shape index (κ1) is 14.1. The van der Waals surface area contributed by atoms with E-state index < -0.39 is 11.9 Å². The van der Waals surface area contributed by atoms with Crippen LogP contribution in [0.3, 0.4) is 0 Å². The van der Waals surface area contributed by atoms with Crippen LogP contribution in [0.15, 0.2) is 60.7 Å². The van der Waals surface area contributed by atoms with E-state index in [1.807, 2.05) is 30.3 Å². The summed E-state index contributed by atoms with van der Waals surface area (Å²) in [6, 6.07) is 14.3.